The molecule has 3 saturated carbocycles. The first-order chi connectivity index (χ1) is 23.3. The number of allylic oxidation sites excluding steroid dienone is 6. The topological polar surface area (TPSA) is 80.7 Å². The zero-order chi connectivity index (χ0) is 35.9. The maximum absolute atomic E-state index is 14.0. The Hall–Kier alpha value is -0.870. The van der Waals surface area contributed by atoms with Crippen LogP contribution in [0.25, 0.3) is 0 Å². The van der Waals surface area contributed by atoms with E-state index in [0.29, 0.717) is 31.0 Å². The van der Waals surface area contributed by atoms with Gasteiger partial charge in [-0.2, -0.15) is 0 Å². The molecule has 0 bridgehead atoms. The summed E-state index contributed by atoms with van der Waals surface area (Å²) in [6.07, 6.45) is 26.1. The highest BCUT2D eigenvalue weighted by Gasteiger charge is 2.76. The lowest BCUT2D eigenvalue weighted by molar-refractivity contribution is -0.196. The summed E-state index contributed by atoms with van der Waals surface area (Å²) >= 11 is 0.584. The predicted molar refractivity (Wildman–Crippen MR) is 207 cm³/mol. The number of ketones is 1. The van der Waals surface area contributed by atoms with Crippen LogP contribution in [0.5, 0.6) is 0 Å². The first-order valence-electron chi connectivity index (χ1n) is 19.1. The zero-order valence-electron chi connectivity index (χ0n) is 30.5. The van der Waals surface area contributed by atoms with Crippen molar-refractivity contribution >= 4 is 47.1 Å². The van der Waals surface area contributed by atoms with E-state index in [9.17, 15) is 23.9 Å². The van der Waals surface area contributed by atoms with Crippen LogP contribution in [-0.2, 0) is 19.1 Å². The summed E-state index contributed by atoms with van der Waals surface area (Å²) in [5.74, 6) is -0.888. The molecule has 0 aliphatic heterocycles. The lowest BCUT2D eigenvalue weighted by atomic mass is 9.45. The van der Waals surface area contributed by atoms with Gasteiger partial charge in [0.2, 0.25) is 5.12 Å². The Morgan fingerprint density at radius 3 is 2.24 bits per heavy atom. The first-order valence-corrected chi connectivity index (χ1v) is 21.3. The summed E-state index contributed by atoms with van der Waals surface area (Å²) in [6, 6.07) is -0.894. The molecule has 4 aliphatic carbocycles. The fourth-order valence-electron chi connectivity index (χ4n) is 10.2. The number of aliphatic hydroxyl groups excluding tert-OH is 1. The molecular weight excluding hydrogens is 673 g/mol. The van der Waals surface area contributed by atoms with Crippen molar-refractivity contribution in [3.63, 3.8) is 0 Å². The highest BCUT2D eigenvalue weighted by atomic mass is 32.2. The van der Waals surface area contributed by atoms with Gasteiger partial charge in [-0.1, -0.05) is 97.3 Å². The van der Waals surface area contributed by atoms with Crippen LogP contribution in [0.15, 0.2) is 36.0 Å². The maximum Gasteiger partial charge on any atom is 0.306 e. The molecule has 49 heavy (non-hydrogen) atoms. The number of halogens is 1. The van der Waals surface area contributed by atoms with Crippen LogP contribution in [0.3, 0.4) is 0 Å². The maximum atomic E-state index is 14.0. The van der Waals surface area contributed by atoms with Crippen LogP contribution in [0, 0.1) is 28.6 Å². The number of unbranched alkanes of at least 4 members (excludes halogenated alkanes) is 11. The summed E-state index contributed by atoms with van der Waals surface area (Å²) in [5.41, 5.74) is -1.95. The Morgan fingerprint density at radius 1 is 1.00 bits per heavy atom. The minimum Gasteiger partial charge on any atom is -0.449 e. The van der Waals surface area contributed by atoms with E-state index in [4.69, 9.17) is 4.74 Å². The summed E-state index contributed by atoms with van der Waals surface area (Å²) in [5, 5.41) is 11.0. The average Bonchev–Trinajstić information content (AvgIpc) is 3.27. The van der Waals surface area contributed by atoms with E-state index in [1.807, 2.05) is 19.9 Å². The Balaban J connectivity index is 1.37. The van der Waals surface area contributed by atoms with Crippen LogP contribution in [-0.4, -0.2) is 50.5 Å². The van der Waals surface area contributed by atoms with Gasteiger partial charge in [0.25, 0.3) is 0 Å². The van der Waals surface area contributed by atoms with Gasteiger partial charge in [-0.3, -0.25) is 14.4 Å². The smallest absolute Gasteiger partial charge is 0.306 e. The van der Waals surface area contributed by atoms with Gasteiger partial charge in [0.1, 0.15) is 6.01 Å². The van der Waals surface area contributed by atoms with E-state index < -0.39 is 44.8 Å². The number of esters is 1. The van der Waals surface area contributed by atoms with Crippen LogP contribution in [0.4, 0.5) is 4.39 Å². The molecular formula is C40H63FO5P2S. The summed E-state index contributed by atoms with van der Waals surface area (Å²) in [6.45, 7) is 8.30. The van der Waals surface area contributed by atoms with E-state index in [1.165, 1.54) is 57.8 Å². The third-order valence-corrected chi connectivity index (χ3v) is 15.6. The van der Waals surface area contributed by atoms with Crippen molar-refractivity contribution in [1.29, 1.82) is 0 Å². The molecule has 0 aromatic heterocycles. The van der Waals surface area contributed by atoms with E-state index >= 15 is 0 Å². The number of carbonyl (C=O) groups excluding carboxylic acids is 3. The highest BCUT2D eigenvalue weighted by Crippen LogP contribution is 2.73. The van der Waals surface area contributed by atoms with Gasteiger partial charge in [-0.25, -0.2) is 4.39 Å². The number of hydrogen-bond acceptors (Lipinski definition) is 6. The van der Waals surface area contributed by atoms with Crippen LogP contribution in [0.2, 0.25) is 0 Å². The molecule has 4 unspecified atom stereocenters. The van der Waals surface area contributed by atoms with Crippen molar-refractivity contribution in [3.8, 4) is 0 Å². The Labute approximate surface area is 304 Å². The second-order valence-corrected chi connectivity index (χ2v) is 18.5. The molecule has 3 fully saturated rings. The van der Waals surface area contributed by atoms with E-state index in [0.717, 1.165) is 24.8 Å². The van der Waals surface area contributed by atoms with Crippen molar-refractivity contribution in [2.24, 2.45) is 28.6 Å². The third kappa shape index (κ3) is 8.06. The number of rotatable bonds is 18. The Kier molecular flexibility index (Phi) is 14.8. The molecule has 0 spiro atoms. The van der Waals surface area contributed by atoms with Gasteiger partial charge in [-0.05, 0) is 98.3 Å². The number of thioether (sulfide) groups is 1. The molecule has 11 atom stereocenters. The summed E-state index contributed by atoms with van der Waals surface area (Å²) < 4.78 is 20.2. The molecule has 0 amide bonds. The van der Waals surface area contributed by atoms with Crippen molar-refractivity contribution in [2.45, 2.75) is 159 Å². The largest absolute Gasteiger partial charge is 0.449 e. The average molecular weight is 737 g/mol. The number of ether oxygens (including phenoxy) is 1. The molecule has 5 nitrogen and oxygen atoms in total. The molecule has 276 valence electrons. The van der Waals surface area contributed by atoms with Crippen LogP contribution in [0.1, 0.15) is 137 Å². The van der Waals surface area contributed by atoms with Crippen LogP contribution < -0.4 is 0 Å². The van der Waals surface area contributed by atoms with Gasteiger partial charge >= 0.3 is 5.97 Å². The van der Waals surface area contributed by atoms with Gasteiger partial charge in [-0.15, -0.1) is 18.5 Å². The minimum atomic E-state index is -1.53. The minimum absolute atomic E-state index is 0.0232. The monoisotopic (exact) mass is 736 g/mol. The molecule has 9 heteroatoms. The lowest BCUT2D eigenvalue weighted by Gasteiger charge is -2.66. The molecule has 0 radical (unpaired) electrons. The van der Waals surface area contributed by atoms with Crippen LogP contribution >= 0.6 is 30.2 Å². The lowest BCUT2D eigenvalue weighted by Crippen LogP contribution is -2.70. The van der Waals surface area contributed by atoms with Crippen molar-refractivity contribution in [1.82, 2.24) is 0 Å². The normalized spacial score (nSPS) is 36.7. The second-order valence-electron chi connectivity index (χ2n) is 15.9. The zero-order valence-corrected chi connectivity index (χ0v) is 33.6. The number of alkyl halides is 1. The molecule has 0 saturated heterocycles. The highest BCUT2D eigenvalue weighted by molar-refractivity contribution is 8.13. The molecule has 1 N–H and O–H groups in total. The number of aliphatic hydroxyl groups is 1. The van der Waals surface area contributed by atoms with Gasteiger partial charge in [0.05, 0.1) is 6.10 Å². The van der Waals surface area contributed by atoms with E-state index in [-0.39, 0.29) is 42.0 Å². The Morgan fingerprint density at radius 2 is 1.61 bits per heavy atom. The summed E-state index contributed by atoms with van der Waals surface area (Å²) in [7, 11) is 5.91. The number of fused-ring (bicyclic) bond motifs is 5. The van der Waals surface area contributed by atoms with Gasteiger partial charge in [0.15, 0.2) is 11.4 Å². The molecule has 0 aromatic carbocycles. The molecule has 4 aliphatic rings. The van der Waals surface area contributed by atoms with E-state index in [1.54, 1.807) is 12.2 Å². The summed E-state index contributed by atoms with van der Waals surface area (Å²) in [4.78, 5) is 40.0. The fraction of sp³-hybridized carbons (Fsp3) is 0.775. The van der Waals surface area contributed by atoms with Crippen molar-refractivity contribution in [2.75, 3.05) is 6.01 Å². The molecule has 0 heterocycles. The fourth-order valence-corrected chi connectivity index (χ4v) is 12.5. The van der Waals surface area contributed by atoms with E-state index in [2.05, 4.69) is 44.5 Å². The molecule has 0 aromatic rings. The predicted octanol–water partition coefficient (Wildman–Crippen LogP) is 9.87. The standard InChI is InChI=1S/C40H63FO5P2S/c1-5-6-7-8-9-10-11-12-13-14-15-16-17-18-19-20-35(44)46-39(36(45)49-27-41)28(2)23-30-31-25-33(47)32-24-29(42)21-22-37(32,3)40(31,48)34(43)26-38(30,39)4/h15-16,21-22,24,28,30-31,33-34,43H,5-14,17-20,23,25-27,47-48H2,1-4H3/b16-15+/t28-,30?,31?,33+,34+,37+,38+,39+,40+/m1/s1. The SMILES string of the molecule is CCCCCCCCCCC/C=C/CCCCC(=O)O[C@]1(C(=O)SCF)[C@H](C)CC2C3C[C@H](P)C4=CC(=O)C=C[C@]4(C)[C@@]3(P)[C@@H](O)C[C@@]21C. The quantitative estimate of drug-likeness (QED) is 0.0654. The van der Waals surface area contributed by atoms with Crippen molar-refractivity contribution < 1.29 is 28.6 Å². The first kappa shape index (κ1) is 40.9. The Bertz CT molecular complexity index is 1270. The molecule has 4 rings (SSSR count). The van der Waals surface area contributed by atoms with Gasteiger partial charge < -0.3 is 9.84 Å². The number of hydrogen-bond donors (Lipinski definition) is 1. The second kappa shape index (κ2) is 17.8. The van der Waals surface area contributed by atoms with Gasteiger partial charge in [0, 0.05) is 28.3 Å². The van der Waals surface area contributed by atoms with Crippen molar-refractivity contribution in [3.05, 3.63) is 36.0 Å². The third-order valence-electron chi connectivity index (χ3n) is 12.9. The number of carbonyl (C=O) groups is 3.